The van der Waals surface area contributed by atoms with Gasteiger partial charge in [-0.2, -0.15) is 0 Å². The lowest BCUT2D eigenvalue weighted by Gasteiger charge is -2.45. The third-order valence-corrected chi connectivity index (χ3v) is 5.56. The van der Waals surface area contributed by atoms with Gasteiger partial charge in [-0.25, -0.2) is 4.79 Å². The zero-order chi connectivity index (χ0) is 20.1. The van der Waals surface area contributed by atoms with Gasteiger partial charge in [-0.05, 0) is 73.3 Å². The molecule has 1 heterocycles. The summed E-state index contributed by atoms with van der Waals surface area (Å²) in [6.07, 6.45) is -0.933. The van der Waals surface area contributed by atoms with E-state index in [1.54, 1.807) is 0 Å². The van der Waals surface area contributed by atoms with Gasteiger partial charge >= 0.3 is 13.2 Å². The van der Waals surface area contributed by atoms with Crippen molar-refractivity contribution in [2.24, 2.45) is 0 Å². The fraction of sp³-hybridized carbons (Fsp3) is 0.650. The Labute approximate surface area is 157 Å². The fourth-order valence-corrected chi connectivity index (χ4v) is 3.52. The molecule has 0 aromatic heterocycles. The van der Waals surface area contributed by atoms with Gasteiger partial charge in [-0.15, -0.1) is 0 Å². The molecule has 0 saturated carbocycles. The predicted molar refractivity (Wildman–Crippen MR) is 105 cm³/mol. The number of carbonyl (C=O) groups is 1. The summed E-state index contributed by atoms with van der Waals surface area (Å²) in [4.78, 5) is 13.4. The smallest absolute Gasteiger partial charge is 0.465 e. The third kappa shape index (κ3) is 3.62. The Hall–Kier alpha value is -1.53. The molecule has 0 bridgehead atoms. The third-order valence-electron chi connectivity index (χ3n) is 5.56. The van der Waals surface area contributed by atoms with Crippen LogP contribution in [0.1, 0.15) is 67.9 Å². The van der Waals surface area contributed by atoms with Gasteiger partial charge in [-0.3, -0.25) is 4.90 Å². The lowest BCUT2D eigenvalue weighted by molar-refractivity contribution is 0.00578. The zero-order valence-corrected chi connectivity index (χ0v) is 17.5. The molecule has 1 aliphatic heterocycles. The number of hydrogen-bond donors (Lipinski definition) is 1. The minimum Gasteiger partial charge on any atom is -0.465 e. The molecular formula is C20H32BNO4. The Bertz CT molecular complexity index is 658. The van der Waals surface area contributed by atoms with Crippen molar-refractivity contribution < 1.29 is 19.2 Å². The molecule has 0 radical (unpaired) electrons. The predicted octanol–water partition coefficient (Wildman–Crippen LogP) is 4.00. The van der Waals surface area contributed by atoms with Gasteiger partial charge in [-0.1, -0.05) is 24.3 Å². The maximum atomic E-state index is 11.9. The summed E-state index contributed by atoms with van der Waals surface area (Å²) in [6, 6.07) is 7.84. The molecule has 1 saturated heterocycles. The van der Waals surface area contributed by atoms with E-state index in [4.69, 9.17) is 9.31 Å². The van der Waals surface area contributed by atoms with E-state index in [-0.39, 0.29) is 11.2 Å². The molecule has 26 heavy (non-hydrogen) atoms. The maximum Gasteiger partial charge on any atom is 0.494 e. The largest absolute Gasteiger partial charge is 0.494 e. The van der Waals surface area contributed by atoms with Crippen molar-refractivity contribution >= 4 is 18.7 Å². The molecule has 1 amide bonds. The van der Waals surface area contributed by atoms with Crippen molar-refractivity contribution in [3.05, 3.63) is 29.8 Å². The van der Waals surface area contributed by atoms with Crippen molar-refractivity contribution in [3.8, 4) is 0 Å². The standard InChI is InChI=1S/C20H32BNO4/c1-17(2,3)22(16(23)24)18(4,5)14-10-12-15(13-11-14)21-25-19(6,7)20(8,9)26-21/h10-13H,1-9H3,(H,23,24). The summed E-state index contributed by atoms with van der Waals surface area (Å²) in [5, 5.41) is 9.73. The molecule has 1 fully saturated rings. The number of hydrogen-bond acceptors (Lipinski definition) is 3. The number of benzene rings is 1. The molecule has 0 unspecified atom stereocenters. The van der Waals surface area contributed by atoms with Crippen molar-refractivity contribution in [3.63, 3.8) is 0 Å². The minimum absolute atomic E-state index is 0.387. The molecule has 144 valence electrons. The molecule has 1 aromatic carbocycles. The Balaban J connectivity index is 2.31. The van der Waals surface area contributed by atoms with E-state index in [1.807, 2.05) is 86.6 Å². The first-order valence-corrected chi connectivity index (χ1v) is 9.09. The normalized spacial score (nSPS) is 19.5. The molecule has 5 nitrogen and oxygen atoms in total. The molecule has 2 rings (SSSR count). The molecule has 1 aliphatic rings. The highest BCUT2D eigenvalue weighted by molar-refractivity contribution is 6.62. The Morgan fingerprint density at radius 1 is 0.962 bits per heavy atom. The van der Waals surface area contributed by atoms with Crippen LogP contribution in [0.3, 0.4) is 0 Å². The maximum absolute atomic E-state index is 11.9. The van der Waals surface area contributed by atoms with Gasteiger partial charge in [0.25, 0.3) is 0 Å². The average Bonchev–Trinajstić information content (AvgIpc) is 2.65. The first-order valence-electron chi connectivity index (χ1n) is 9.09. The van der Waals surface area contributed by atoms with E-state index in [2.05, 4.69) is 0 Å². The van der Waals surface area contributed by atoms with Gasteiger partial charge in [0, 0.05) is 5.54 Å². The SMILES string of the molecule is CC(C)(C)N(C(=O)O)C(C)(C)c1ccc(B2OC(C)(C)C(C)(C)O2)cc1. The van der Waals surface area contributed by atoms with Crippen LogP contribution in [0.4, 0.5) is 4.79 Å². The van der Waals surface area contributed by atoms with Crippen LogP contribution in [0.25, 0.3) is 0 Å². The quantitative estimate of drug-likeness (QED) is 0.827. The highest BCUT2D eigenvalue weighted by Crippen LogP contribution is 2.37. The molecule has 1 aromatic rings. The molecule has 0 atom stereocenters. The van der Waals surface area contributed by atoms with Crippen LogP contribution in [-0.2, 0) is 14.8 Å². The van der Waals surface area contributed by atoms with Gasteiger partial charge in [0.2, 0.25) is 0 Å². The van der Waals surface area contributed by atoms with Gasteiger partial charge in [0.1, 0.15) is 0 Å². The number of rotatable bonds is 3. The van der Waals surface area contributed by atoms with Crippen LogP contribution < -0.4 is 5.46 Å². The molecule has 1 N–H and O–H groups in total. The first-order chi connectivity index (χ1) is 11.6. The highest BCUT2D eigenvalue weighted by Gasteiger charge is 2.51. The molecule has 0 spiro atoms. The molecular weight excluding hydrogens is 329 g/mol. The summed E-state index contributed by atoms with van der Waals surface area (Å²) in [5.41, 5.74) is -0.0988. The zero-order valence-electron chi connectivity index (χ0n) is 17.5. The van der Waals surface area contributed by atoms with Gasteiger partial charge in [0.15, 0.2) is 0 Å². The van der Waals surface area contributed by atoms with Crippen LogP contribution in [0.5, 0.6) is 0 Å². The van der Waals surface area contributed by atoms with E-state index < -0.39 is 24.3 Å². The van der Waals surface area contributed by atoms with E-state index in [0.717, 1.165) is 11.0 Å². The fourth-order valence-electron chi connectivity index (χ4n) is 3.52. The Morgan fingerprint density at radius 3 is 1.73 bits per heavy atom. The van der Waals surface area contributed by atoms with E-state index in [0.29, 0.717) is 0 Å². The second kappa shape index (κ2) is 6.27. The monoisotopic (exact) mass is 361 g/mol. The highest BCUT2D eigenvalue weighted by atomic mass is 16.7. The Kier molecular flexibility index (Phi) is 5.01. The molecule has 0 aliphatic carbocycles. The van der Waals surface area contributed by atoms with Crippen molar-refractivity contribution in [1.82, 2.24) is 4.90 Å². The second-order valence-electron chi connectivity index (χ2n) is 9.56. The van der Waals surface area contributed by atoms with Crippen molar-refractivity contribution in [1.29, 1.82) is 0 Å². The molecule has 6 heteroatoms. The second-order valence-corrected chi connectivity index (χ2v) is 9.56. The van der Waals surface area contributed by atoms with Crippen LogP contribution in [0.2, 0.25) is 0 Å². The van der Waals surface area contributed by atoms with E-state index >= 15 is 0 Å². The number of carboxylic acid groups (broad SMARTS) is 1. The number of amides is 1. The summed E-state index contributed by atoms with van der Waals surface area (Å²) >= 11 is 0. The first kappa shape index (κ1) is 20.8. The van der Waals surface area contributed by atoms with Gasteiger partial charge < -0.3 is 14.4 Å². The average molecular weight is 361 g/mol. The summed E-state index contributed by atoms with van der Waals surface area (Å²) < 4.78 is 12.2. The van der Waals surface area contributed by atoms with E-state index in [9.17, 15) is 9.90 Å². The van der Waals surface area contributed by atoms with Gasteiger partial charge in [0.05, 0.1) is 16.7 Å². The summed E-state index contributed by atoms with van der Waals surface area (Å²) in [5.74, 6) is 0. The van der Waals surface area contributed by atoms with Crippen LogP contribution in [0, 0.1) is 0 Å². The summed E-state index contributed by atoms with van der Waals surface area (Å²) in [6.45, 7) is 17.7. The van der Waals surface area contributed by atoms with Crippen molar-refractivity contribution in [2.75, 3.05) is 0 Å². The van der Waals surface area contributed by atoms with Crippen LogP contribution >= 0.6 is 0 Å². The van der Waals surface area contributed by atoms with E-state index in [1.165, 1.54) is 4.90 Å². The summed E-state index contributed by atoms with van der Waals surface area (Å²) in [7, 11) is -0.421. The lowest BCUT2D eigenvalue weighted by Crippen LogP contribution is -2.55. The Morgan fingerprint density at radius 2 is 1.38 bits per heavy atom. The number of nitrogens with zero attached hydrogens (tertiary/aromatic N) is 1. The topological polar surface area (TPSA) is 59.0 Å². The minimum atomic E-state index is -0.933. The lowest BCUT2D eigenvalue weighted by atomic mass is 9.77. The van der Waals surface area contributed by atoms with Crippen LogP contribution in [-0.4, -0.2) is 40.0 Å². The van der Waals surface area contributed by atoms with Crippen molar-refractivity contribution in [2.45, 2.75) is 84.6 Å². The van der Waals surface area contributed by atoms with Crippen LogP contribution in [0.15, 0.2) is 24.3 Å².